The highest BCUT2D eigenvalue weighted by Gasteiger charge is 2.40. The maximum absolute atomic E-state index is 12.0. The van der Waals surface area contributed by atoms with E-state index in [1.54, 1.807) is 4.31 Å². The van der Waals surface area contributed by atoms with Crippen molar-refractivity contribution in [1.29, 1.82) is 0 Å². The van der Waals surface area contributed by atoms with Gasteiger partial charge < -0.3 is 10.6 Å². The van der Waals surface area contributed by atoms with Crippen molar-refractivity contribution in [1.82, 2.24) is 9.21 Å². The molecule has 2 fully saturated rings. The normalized spacial score (nSPS) is 24.8. The summed E-state index contributed by atoms with van der Waals surface area (Å²) in [6.45, 7) is 4.72. The first-order valence-corrected chi connectivity index (χ1v) is 7.56. The SMILES string of the molecule is NCCCN1CCN(S(=O)(=O)C2CC2)CC1. The van der Waals surface area contributed by atoms with Crippen LogP contribution in [0.5, 0.6) is 0 Å². The molecule has 0 aromatic heterocycles. The second kappa shape index (κ2) is 5.00. The van der Waals surface area contributed by atoms with Crippen LogP contribution < -0.4 is 5.73 Å². The third-order valence-corrected chi connectivity index (χ3v) is 5.71. The number of piperazine rings is 1. The smallest absolute Gasteiger partial charge is 0.217 e. The zero-order valence-electron chi connectivity index (χ0n) is 9.64. The average Bonchev–Trinajstić information content (AvgIpc) is 3.11. The van der Waals surface area contributed by atoms with Gasteiger partial charge in [-0.1, -0.05) is 0 Å². The van der Waals surface area contributed by atoms with Gasteiger partial charge in [-0.2, -0.15) is 4.31 Å². The van der Waals surface area contributed by atoms with Crippen molar-refractivity contribution < 1.29 is 8.42 Å². The molecule has 0 spiro atoms. The van der Waals surface area contributed by atoms with Gasteiger partial charge in [-0.15, -0.1) is 0 Å². The van der Waals surface area contributed by atoms with Crippen LogP contribution in [-0.2, 0) is 10.0 Å². The molecule has 2 rings (SSSR count). The topological polar surface area (TPSA) is 66.6 Å². The van der Waals surface area contributed by atoms with E-state index in [2.05, 4.69) is 4.90 Å². The van der Waals surface area contributed by atoms with Gasteiger partial charge in [-0.25, -0.2) is 8.42 Å². The molecule has 16 heavy (non-hydrogen) atoms. The quantitative estimate of drug-likeness (QED) is 0.707. The predicted molar refractivity (Wildman–Crippen MR) is 63.6 cm³/mol. The molecule has 0 amide bonds. The van der Waals surface area contributed by atoms with Crippen molar-refractivity contribution in [3.63, 3.8) is 0 Å². The molecule has 94 valence electrons. The van der Waals surface area contributed by atoms with Crippen molar-refractivity contribution in [2.24, 2.45) is 5.73 Å². The van der Waals surface area contributed by atoms with E-state index in [0.717, 1.165) is 38.9 Å². The van der Waals surface area contributed by atoms with Gasteiger partial charge in [0.25, 0.3) is 0 Å². The van der Waals surface area contributed by atoms with Crippen molar-refractivity contribution in [2.75, 3.05) is 39.3 Å². The van der Waals surface area contributed by atoms with Crippen LogP contribution in [0.2, 0.25) is 0 Å². The number of hydrogen-bond donors (Lipinski definition) is 1. The fourth-order valence-electron chi connectivity index (χ4n) is 2.10. The molecule has 2 aliphatic rings. The van der Waals surface area contributed by atoms with Gasteiger partial charge in [0.2, 0.25) is 10.0 Å². The third-order valence-electron chi connectivity index (χ3n) is 3.32. The fourth-order valence-corrected chi connectivity index (χ4v) is 3.92. The minimum atomic E-state index is -2.95. The first kappa shape index (κ1) is 12.3. The van der Waals surface area contributed by atoms with Crippen LogP contribution in [0.3, 0.4) is 0 Å². The molecule has 0 bridgehead atoms. The standard InChI is InChI=1S/C10H21N3O2S/c11-4-1-5-12-6-8-13(9-7-12)16(14,15)10-2-3-10/h10H,1-9,11H2. The molecule has 6 heteroatoms. The molecule has 0 unspecified atom stereocenters. The lowest BCUT2D eigenvalue weighted by Crippen LogP contribution is -2.49. The van der Waals surface area contributed by atoms with Crippen molar-refractivity contribution in [3.8, 4) is 0 Å². The Morgan fingerprint density at radius 3 is 2.25 bits per heavy atom. The van der Waals surface area contributed by atoms with E-state index >= 15 is 0 Å². The van der Waals surface area contributed by atoms with Gasteiger partial charge in [0, 0.05) is 26.2 Å². The molecule has 5 nitrogen and oxygen atoms in total. The number of rotatable bonds is 5. The minimum absolute atomic E-state index is 0.0666. The van der Waals surface area contributed by atoms with Crippen molar-refractivity contribution >= 4 is 10.0 Å². The van der Waals surface area contributed by atoms with Crippen LogP contribution in [0, 0.1) is 0 Å². The summed E-state index contributed by atoms with van der Waals surface area (Å²) >= 11 is 0. The fraction of sp³-hybridized carbons (Fsp3) is 1.00. The summed E-state index contributed by atoms with van der Waals surface area (Å²) in [6.07, 6.45) is 2.71. The van der Waals surface area contributed by atoms with Crippen LogP contribution in [0.1, 0.15) is 19.3 Å². The molecule has 0 aromatic rings. The lowest BCUT2D eigenvalue weighted by atomic mass is 10.3. The number of nitrogens with zero attached hydrogens (tertiary/aromatic N) is 2. The Hall–Kier alpha value is -0.170. The summed E-state index contributed by atoms with van der Waals surface area (Å²) in [6, 6.07) is 0. The van der Waals surface area contributed by atoms with Gasteiger partial charge in [-0.3, -0.25) is 0 Å². The van der Waals surface area contributed by atoms with Crippen LogP contribution in [-0.4, -0.2) is 62.1 Å². The second-order valence-electron chi connectivity index (χ2n) is 4.63. The first-order valence-electron chi connectivity index (χ1n) is 6.06. The van der Waals surface area contributed by atoms with E-state index in [9.17, 15) is 8.42 Å². The number of sulfonamides is 1. The Labute approximate surface area is 97.6 Å². The Kier molecular flexibility index (Phi) is 3.84. The zero-order valence-corrected chi connectivity index (χ0v) is 10.5. The monoisotopic (exact) mass is 247 g/mol. The van der Waals surface area contributed by atoms with Crippen LogP contribution >= 0.6 is 0 Å². The van der Waals surface area contributed by atoms with E-state index in [0.29, 0.717) is 19.6 Å². The van der Waals surface area contributed by atoms with E-state index in [-0.39, 0.29) is 5.25 Å². The van der Waals surface area contributed by atoms with Gasteiger partial charge in [0.1, 0.15) is 0 Å². The second-order valence-corrected chi connectivity index (χ2v) is 6.84. The molecule has 1 saturated carbocycles. The molecular formula is C10H21N3O2S. The average molecular weight is 247 g/mol. The van der Waals surface area contributed by atoms with E-state index in [1.807, 2.05) is 0 Å². The molecule has 1 aliphatic heterocycles. The largest absolute Gasteiger partial charge is 0.330 e. The highest BCUT2D eigenvalue weighted by molar-refractivity contribution is 7.90. The van der Waals surface area contributed by atoms with Gasteiger partial charge >= 0.3 is 0 Å². The number of hydrogen-bond acceptors (Lipinski definition) is 4. The summed E-state index contributed by atoms with van der Waals surface area (Å²) < 4.78 is 25.6. The van der Waals surface area contributed by atoms with Crippen LogP contribution in [0.25, 0.3) is 0 Å². The summed E-state index contributed by atoms with van der Waals surface area (Å²) in [5.74, 6) is 0. The lowest BCUT2D eigenvalue weighted by molar-refractivity contribution is 0.187. The molecule has 0 aromatic carbocycles. The highest BCUT2D eigenvalue weighted by Crippen LogP contribution is 2.31. The molecule has 0 radical (unpaired) electrons. The summed E-state index contributed by atoms with van der Waals surface area (Å²) in [4.78, 5) is 2.30. The Bertz CT molecular complexity index is 319. The van der Waals surface area contributed by atoms with Crippen molar-refractivity contribution in [3.05, 3.63) is 0 Å². The molecular weight excluding hydrogens is 226 g/mol. The summed E-state index contributed by atoms with van der Waals surface area (Å²) in [5, 5.41) is -0.0666. The third kappa shape index (κ3) is 2.74. The first-order chi connectivity index (χ1) is 7.64. The van der Waals surface area contributed by atoms with Crippen molar-refractivity contribution in [2.45, 2.75) is 24.5 Å². The van der Waals surface area contributed by atoms with Crippen LogP contribution in [0.4, 0.5) is 0 Å². The number of nitrogens with two attached hydrogens (primary N) is 1. The van der Waals surface area contributed by atoms with Gasteiger partial charge in [0.05, 0.1) is 5.25 Å². The highest BCUT2D eigenvalue weighted by atomic mass is 32.2. The predicted octanol–water partition coefficient (Wildman–Crippen LogP) is -0.555. The molecule has 2 N–H and O–H groups in total. The molecule has 1 saturated heterocycles. The van der Waals surface area contributed by atoms with Crippen LogP contribution in [0.15, 0.2) is 0 Å². The molecule has 1 heterocycles. The maximum atomic E-state index is 12.0. The Morgan fingerprint density at radius 2 is 1.75 bits per heavy atom. The van der Waals surface area contributed by atoms with E-state index < -0.39 is 10.0 Å². The zero-order chi connectivity index (χ0) is 11.6. The molecule has 0 atom stereocenters. The lowest BCUT2D eigenvalue weighted by Gasteiger charge is -2.33. The summed E-state index contributed by atoms with van der Waals surface area (Å²) in [5.41, 5.74) is 5.46. The van der Waals surface area contributed by atoms with Gasteiger partial charge in [-0.05, 0) is 32.4 Å². The molecule has 1 aliphatic carbocycles. The summed E-state index contributed by atoms with van der Waals surface area (Å²) in [7, 11) is -2.95. The van der Waals surface area contributed by atoms with E-state index in [1.165, 1.54) is 0 Å². The van der Waals surface area contributed by atoms with Gasteiger partial charge in [0.15, 0.2) is 0 Å². The maximum Gasteiger partial charge on any atom is 0.217 e. The minimum Gasteiger partial charge on any atom is -0.330 e. The Balaban J connectivity index is 1.80. The van der Waals surface area contributed by atoms with E-state index in [4.69, 9.17) is 5.73 Å². The Morgan fingerprint density at radius 1 is 1.12 bits per heavy atom.